The molecule has 0 bridgehead atoms. The first kappa shape index (κ1) is 8.48. The summed E-state index contributed by atoms with van der Waals surface area (Å²) in [7, 11) is 0. The molecule has 0 atom stereocenters. The van der Waals surface area contributed by atoms with Crippen LogP contribution in [0.4, 0.5) is 0 Å². The van der Waals surface area contributed by atoms with Crippen molar-refractivity contribution in [1.82, 2.24) is 9.55 Å². The Balaban J connectivity index is 2.56. The van der Waals surface area contributed by atoms with E-state index in [2.05, 4.69) is 46.9 Å². The fourth-order valence-electron chi connectivity index (χ4n) is 2.09. The number of pyridine rings is 1. The smallest absolute Gasteiger partial charge is 0.0723 e. The molecule has 0 spiro atoms. The van der Waals surface area contributed by atoms with Crippen molar-refractivity contribution in [3.8, 4) is 0 Å². The van der Waals surface area contributed by atoms with E-state index in [0.717, 1.165) is 12.1 Å². The quantitative estimate of drug-likeness (QED) is 0.584. The summed E-state index contributed by atoms with van der Waals surface area (Å²) in [6.07, 6.45) is 4.07. The number of nitrogens with zero attached hydrogens (tertiary/aromatic N) is 2. The van der Waals surface area contributed by atoms with Gasteiger partial charge in [0.2, 0.25) is 0 Å². The summed E-state index contributed by atoms with van der Waals surface area (Å²) >= 11 is 0. The van der Waals surface area contributed by atoms with Crippen LogP contribution >= 0.6 is 0 Å². The molecule has 0 N–H and O–H groups in total. The number of hydrogen-bond acceptors (Lipinski definition) is 1. The summed E-state index contributed by atoms with van der Waals surface area (Å²) in [5, 5.41) is 2.46. The third kappa shape index (κ3) is 1.14. The molecule has 0 aliphatic carbocycles. The van der Waals surface area contributed by atoms with Gasteiger partial charge in [0.15, 0.2) is 0 Å². The SMILES string of the molecule is CCn1ccc2cnc3ccccc3c21. The lowest BCUT2D eigenvalue weighted by Crippen LogP contribution is -1.92. The third-order valence-corrected chi connectivity index (χ3v) is 2.84. The highest BCUT2D eigenvalue weighted by Gasteiger charge is 2.04. The van der Waals surface area contributed by atoms with Gasteiger partial charge in [0.05, 0.1) is 11.0 Å². The number of rotatable bonds is 1. The molecule has 2 heteroatoms. The normalized spacial score (nSPS) is 11.3. The summed E-state index contributed by atoms with van der Waals surface area (Å²) < 4.78 is 2.26. The first-order valence-corrected chi connectivity index (χ1v) is 5.22. The van der Waals surface area contributed by atoms with Crippen molar-refractivity contribution in [2.75, 3.05) is 0 Å². The Morgan fingerprint density at radius 3 is 2.93 bits per heavy atom. The zero-order chi connectivity index (χ0) is 10.3. The van der Waals surface area contributed by atoms with Crippen LogP contribution in [0, 0.1) is 0 Å². The van der Waals surface area contributed by atoms with E-state index < -0.39 is 0 Å². The van der Waals surface area contributed by atoms with Crippen molar-refractivity contribution in [2.24, 2.45) is 0 Å². The molecule has 2 aromatic heterocycles. The Morgan fingerprint density at radius 1 is 1.20 bits per heavy atom. The van der Waals surface area contributed by atoms with E-state index in [9.17, 15) is 0 Å². The number of para-hydroxylation sites is 1. The van der Waals surface area contributed by atoms with Crippen LogP contribution in [-0.2, 0) is 6.54 Å². The van der Waals surface area contributed by atoms with Crippen LogP contribution in [0.1, 0.15) is 6.92 Å². The second kappa shape index (κ2) is 3.09. The Morgan fingerprint density at radius 2 is 2.07 bits per heavy atom. The van der Waals surface area contributed by atoms with Crippen LogP contribution in [0.2, 0.25) is 0 Å². The van der Waals surface area contributed by atoms with Gasteiger partial charge in [-0.05, 0) is 19.1 Å². The van der Waals surface area contributed by atoms with Crippen molar-refractivity contribution in [1.29, 1.82) is 0 Å². The molecule has 1 aromatic carbocycles. The minimum atomic E-state index is 0.998. The second-order valence-electron chi connectivity index (χ2n) is 3.68. The number of benzene rings is 1. The molecule has 0 amide bonds. The zero-order valence-electron chi connectivity index (χ0n) is 8.64. The summed E-state index contributed by atoms with van der Waals surface area (Å²) in [5.74, 6) is 0. The second-order valence-corrected chi connectivity index (χ2v) is 3.68. The Bertz CT molecular complexity index is 623. The molecule has 15 heavy (non-hydrogen) atoms. The summed E-state index contributed by atoms with van der Waals surface area (Å²) in [4.78, 5) is 4.44. The highest BCUT2D eigenvalue weighted by atomic mass is 14.9. The molecule has 0 radical (unpaired) electrons. The van der Waals surface area contributed by atoms with Crippen molar-refractivity contribution in [3.63, 3.8) is 0 Å². The monoisotopic (exact) mass is 196 g/mol. The highest BCUT2D eigenvalue weighted by Crippen LogP contribution is 2.23. The van der Waals surface area contributed by atoms with E-state index in [4.69, 9.17) is 0 Å². The van der Waals surface area contributed by atoms with E-state index in [-0.39, 0.29) is 0 Å². The van der Waals surface area contributed by atoms with E-state index in [1.165, 1.54) is 16.3 Å². The number of hydrogen-bond donors (Lipinski definition) is 0. The lowest BCUT2D eigenvalue weighted by molar-refractivity contribution is 0.800. The maximum absolute atomic E-state index is 4.44. The lowest BCUT2D eigenvalue weighted by Gasteiger charge is -2.04. The van der Waals surface area contributed by atoms with Gasteiger partial charge >= 0.3 is 0 Å². The highest BCUT2D eigenvalue weighted by molar-refractivity contribution is 6.03. The predicted octanol–water partition coefficient (Wildman–Crippen LogP) is 3.21. The lowest BCUT2D eigenvalue weighted by atomic mass is 10.2. The van der Waals surface area contributed by atoms with Crippen molar-refractivity contribution in [3.05, 3.63) is 42.7 Å². The summed E-state index contributed by atoms with van der Waals surface area (Å²) in [6.45, 7) is 3.16. The van der Waals surface area contributed by atoms with Gasteiger partial charge in [-0.15, -0.1) is 0 Å². The van der Waals surface area contributed by atoms with Crippen LogP contribution < -0.4 is 0 Å². The third-order valence-electron chi connectivity index (χ3n) is 2.84. The molecule has 0 saturated carbocycles. The molecule has 0 saturated heterocycles. The molecule has 0 unspecified atom stereocenters. The maximum atomic E-state index is 4.44. The average Bonchev–Trinajstić information content (AvgIpc) is 2.72. The number of fused-ring (bicyclic) bond motifs is 3. The van der Waals surface area contributed by atoms with Gasteiger partial charge in [-0.1, -0.05) is 18.2 Å². The van der Waals surface area contributed by atoms with Crippen LogP contribution in [0.3, 0.4) is 0 Å². The largest absolute Gasteiger partial charge is 0.347 e. The molecule has 0 aliphatic rings. The standard InChI is InChI=1S/C13H12N2/c1-2-15-8-7-10-9-14-12-6-4-3-5-11(12)13(10)15/h3-9H,2H2,1H3. The summed E-state index contributed by atoms with van der Waals surface area (Å²) in [5.41, 5.74) is 2.36. The molecule has 2 heterocycles. The number of aryl methyl sites for hydroxylation is 1. The summed E-state index contributed by atoms with van der Waals surface area (Å²) in [6, 6.07) is 10.4. The minimum Gasteiger partial charge on any atom is -0.347 e. The van der Waals surface area contributed by atoms with Gasteiger partial charge in [-0.25, -0.2) is 0 Å². The van der Waals surface area contributed by atoms with Gasteiger partial charge in [-0.2, -0.15) is 0 Å². The number of aromatic nitrogens is 2. The Labute approximate surface area is 88.2 Å². The van der Waals surface area contributed by atoms with Crippen LogP contribution in [0.5, 0.6) is 0 Å². The van der Waals surface area contributed by atoms with Gasteiger partial charge < -0.3 is 4.57 Å². The van der Waals surface area contributed by atoms with Gasteiger partial charge in [0.25, 0.3) is 0 Å². The first-order chi connectivity index (χ1) is 7.40. The average molecular weight is 196 g/mol. The van der Waals surface area contributed by atoms with E-state index >= 15 is 0 Å². The first-order valence-electron chi connectivity index (χ1n) is 5.22. The molecule has 74 valence electrons. The van der Waals surface area contributed by atoms with Crippen molar-refractivity contribution < 1.29 is 0 Å². The molecule has 0 aliphatic heterocycles. The fraction of sp³-hybridized carbons (Fsp3) is 0.154. The van der Waals surface area contributed by atoms with Gasteiger partial charge in [0, 0.05) is 29.7 Å². The van der Waals surface area contributed by atoms with E-state index in [0.29, 0.717) is 0 Å². The van der Waals surface area contributed by atoms with Crippen molar-refractivity contribution >= 4 is 21.8 Å². The zero-order valence-corrected chi connectivity index (χ0v) is 8.64. The van der Waals surface area contributed by atoms with E-state index in [1.54, 1.807) is 0 Å². The Kier molecular flexibility index (Phi) is 1.75. The van der Waals surface area contributed by atoms with E-state index in [1.807, 2.05) is 12.3 Å². The predicted molar refractivity (Wildman–Crippen MR) is 62.9 cm³/mol. The van der Waals surface area contributed by atoms with Crippen LogP contribution in [0.25, 0.3) is 21.8 Å². The fourth-order valence-corrected chi connectivity index (χ4v) is 2.09. The maximum Gasteiger partial charge on any atom is 0.0723 e. The van der Waals surface area contributed by atoms with Gasteiger partial charge in [0.1, 0.15) is 0 Å². The molecular weight excluding hydrogens is 184 g/mol. The van der Waals surface area contributed by atoms with Crippen LogP contribution in [-0.4, -0.2) is 9.55 Å². The molecule has 3 aromatic rings. The molecule has 0 fully saturated rings. The van der Waals surface area contributed by atoms with Crippen molar-refractivity contribution in [2.45, 2.75) is 13.5 Å². The van der Waals surface area contributed by atoms with Gasteiger partial charge in [-0.3, -0.25) is 4.98 Å². The molecule has 3 rings (SSSR count). The van der Waals surface area contributed by atoms with Crippen LogP contribution in [0.15, 0.2) is 42.7 Å². The molecule has 2 nitrogen and oxygen atoms in total. The minimum absolute atomic E-state index is 0.998. The molecular formula is C13H12N2. The topological polar surface area (TPSA) is 17.8 Å². The Hall–Kier alpha value is -1.83.